The number of fused-ring (bicyclic) bond motifs is 5. The molecular weight excluding hydrogens is 548 g/mol. The summed E-state index contributed by atoms with van der Waals surface area (Å²) in [6, 6.07) is 8.12. The zero-order chi connectivity index (χ0) is 31.0. The van der Waals surface area contributed by atoms with Gasteiger partial charge in [-0.2, -0.15) is 0 Å². The molecule has 3 fully saturated rings. The van der Waals surface area contributed by atoms with E-state index < -0.39 is 82.5 Å². The average Bonchev–Trinajstić information content (AvgIpc) is 2.90. The molecule has 1 aliphatic heterocycles. The van der Waals surface area contributed by atoms with Crippen LogP contribution in [-0.4, -0.2) is 92.8 Å². The Morgan fingerprint density at radius 1 is 0.976 bits per heavy atom. The van der Waals surface area contributed by atoms with Crippen molar-refractivity contribution in [1.29, 1.82) is 0 Å². The van der Waals surface area contributed by atoms with Gasteiger partial charge in [0.15, 0.2) is 5.60 Å². The quantitative estimate of drug-likeness (QED) is 0.228. The summed E-state index contributed by atoms with van der Waals surface area (Å²) in [6.45, 7) is 8.78. The standard InChI is InChI=1S/C31H40O11/c1-15-19(40-16(2)32)13-31(38)26(41-27(37)18-10-8-7-9-11-18)24-29(6,25(36)23(35)22(15)28(31,4)5)20(34)12-21-30(24,14-39-21)42-17(3)33/h7-11,19-21,23-26,34-36,38H,12-14H2,1-6H3. The van der Waals surface area contributed by atoms with Crippen molar-refractivity contribution in [2.24, 2.45) is 16.7 Å². The minimum Gasteiger partial charge on any atom is -0.458 e. The average molecular weight is 589 g/mol. The molecule has 4 aliphatic rings. The molecule has 10 atom stereocenters. The number of hydrogen-bond acceptors (Lipinski definition) is 11. The molecule has 0 radical (unpaired) electrons. The lowest BCUT2D eigenvalue weighted by Crippen LogP contribution is -2.82. The molecular formula is C31H40O11. The van der Waals surface area contributed by atoms with Crippen LogP contribution < -0.4 is 0 Å². The van der Waals surface area contributed by atoms with Crippen LogP contribution in [0.2, 0.25) is 0 Å². The predicted molar refractivity (Wildman–Crippen MR) is 146 cm³/mol. The first-order valence-corrected chi connectivity index (χ1v) is 14.2. The minimum absolute atomic E-state index is 0.0423. The molecule has 1 aromatic carbocycles. The molecule has 0 aromatic heterocycles. The molecule has 3 aliphatic carbocycles. The topological polar surface area (TPSA) is 169 Å². The second kappa shape index (κ2) is 10.1. The number of hydrogen-bond donors (Lipinski definition) is 4. The molecule has 1 aromatic rings. The van der Waals surface area contributed by atoms with E-state index in [4.69, 9.17) is 18.9 Å². The van der Waals surface area contributed by atoms with Gasteiger partial charge < -0.3 is 39.4 Å². The summed E-state index contributed by atoms with van der Waals surface area (Å²) >= 11 is 0. The van der Waals surface area contributed by atoms with Gasteiger partial charge in [-0.25, -0.2) is 4.79 Å². The van der Waals surface area contributed by atoms with Crippen molar-refractivity contribution in [3.05, 3.63) is 47.0 Å². The van der Waals surface area contributed by atoms with E-state index in [0.717, 1.165) is 0 Å². The van der Waals surface area contributed by atoms with Crippen LogP contribution in [0.15, 0.2) is 41.5 Å². The third-order valence-corrected chi connectivity index (χ3v) is 10.5. The van der Waals surface area contributed by atoms with Crippen LogP contribution in [0.4, 0.5) is 0 Å². The van der Waals surface area contributed by atoms with Crippen molar-refractivity contribution in [2.45, 2.75) is 102 Å². The van der Waals surface area contributed by atoms with Crippen LogP contribution in [0.3, 0.4) is 0 Å². The van der Waals surface area contributed by atoms with E-state index in [1.165, 1.54) is 20.8 Å². The second-order valence-electron chi connectivity index (χ2n) is 13.0. The second-order valence-corrected chi connectivity index (χ2v) is 13.0. The Morgan fingerprint density at radius 2 is 1.62 bits per heavy atom. The van der Waals surface area contributed by atoms with Gasteiger partial charge in [0.25, 0.3) is 0 Å². The van der Waals surface area contributed by atoms with E-state index in [9.17, 15) is 34.8 Å². The predicted octanol–water partition coefficient (Wildman–Crippen LogP) is 1.44. The fraction of sp³-hybridized carbons (Fsp3) is 0.645. The van der Waals surface area contributed by atoms with Crippen molar-refractivity contribution >= 4 is 17.9 Å². The van der Waals surface area contributed by atoms with Crippen LogP contribution in [0, 0.1) is 16.7 Å². The fourth-order valence-electron chi connectivity index (χ4n) is 8.20. The Morgan fingerprint density at radius 3 is 2.17 bits per heavy atom. The van der Waals surface area contributed by atoms with Gasteiger partial charge in [-0.3, -0.25) is 9.59 Å². The van der Waals surface area contributed by atoms with Crippen molar-refractivity contribution in [2.75, 3.05) is 6.61 Å². The summed E-state index contributed by atoms with van der Waals surface area (Å²) < 4.78 is 23.6. The molecule has 230 valence electrons. The number of carbonyl (C=O) groups excluding carboxylic acids is 3. The lowest BCUT2D eigenvalue weighted by atomic mass is 9.44. The highest BCUT2D eigenvalue weighted by Gasteiger charge is 2.77. The number of carbonyl (C=O) groups is 3. The highest BCUT2D eigenvalue weighted by atomic mass is 16.6. The van der Waals surface area contributed by atoms with Gasteiger partial charge in [-0.05, 0) is 30.2 Å². The molecule has 11 heteroatoms. The Hall–Kier alpha value is -2.83. The zero-order valence-electron chi connectivity index (χ0n) is 24.7. The highest BCUT2D eigenvalue weighted by molar-refractivity contribution is 5.89. The van der Waals surface area contributed by atoms with Gasteiger partial charge in [0, 0.05) is 37.5 Å². The van der Waals surface area contributed by atoms with E-state index in [-0.39, 0.29) is 30.6 Å². The molecule has 4 N–H and O–H groups in total. The van der Waals surface area contributed by atoms with E-state index in [2.05, 4.69) is 0 Å². The third-order valence-electron chi connectivity index (χ3n) is 10.5. The monoisotopic (exact) mass is 588 g/mol. The Bertz CT molecular complexity index is 1310. The summed E-state index contributed by atoms with van der Waals surface area (Å²) in [6.07, 6.45) is -8.35. The van der Waals surface area contributed by atoms with E-state index in [0.29, 0.717) is 5.57 Å². The van der Waals surface area contributed by atoms with E-state index in [1.807, 2.05) is 0 Å². The minimum atomic E-state index is -2.07. The molecule has 5 rings (SSSR count). The largest absolute Gasteiger partial charge is 0.458 e. The molecule has 0 spiro atoms. The normalized spacial score (nSPS) is 42.1. The summed E-state index contributed by atoms with van der Waals surface area (Å²) in [5.41, 5.74) is -5.83. The molecule has 2 bridgehead atoms. The number of esters is 3. The van der Waals surface area contributed by atoms with Crippen LogP contribution in [0.25, 0.3) is 0 Å². The van der Waals surface area contributed by atoms with E-state index in [1.54, 1.807) is 51.1 Å². The van der Waals surface area contributed by atoms with Crippen molar-refractivity contribution < 1.29 is 53.8 Å². The third kappa shape index (κ3) is 4.16. The highest BCUT2D eigenvalue weighted by Crippen LogP contribution is 2.65. The van der Waals surface area contributed by atoms with Gasteiger partial charge in [0.05, 0.1) is 30.3 Å². The molecule has 1 saturated heterocycles. The molecule has 2 saturated carbocycles. The number of rotatable bonds is 4. The Labute approximate surface area is 244 Å². The SMILES string of the molecule is CC(=O)OC1CC2(O)C(OC(=O)c3ccccc3)C3C4(OC(C)=O)COC4CC(O)C3(C)C(O)C(O)C(=C1C)C2(C)C. The number of aliphatic hydroxyl groups is 4. The Balaban J connectivity index is 1.82. The Kier molecular flexibility index (Phi) is 7.38. The van der Waals surface area contributed by atoms with Gasteiger partial charge in [-0.1, -0.05) is 39.0 Å². The van der Waals surface area contributed by atoms with Crippen LogP contribution in [-0.2, 0) is 28.5 Å². The lowest BCUT2D eigenvalue weighted by molar-refractivity contribution is -0.365. The maximum atomic E-state index is 13.7. The molecule has 10 unspecified atom stereocenters. The first-order valence-electron chi connectivity index (χ1n) is 14.2. The lowest BCUT2D eigenvalue weighted by Gasteiger charge is -2.69. The number of ether oxygens (including phenoxy) is 4. The maximum Gasteiger partial charge on any atom is 0.338 e. The van der Waals surface area contributed by atoms with Gasteiger partial charge >= 0.3 is 17.9 Å². The first kappa shape index (κ1) is 30.6. The fourth-order valence-corrected chi connectivity index (χ4v) is 8.20. The number of aliphatic hydroxyl groups excluding tert-OH is 3. The summed E-state index contributed by atoms with van der Waals surface area (Å²) in [5.74, 6) is -3.37. The smallest absolute Gasteiger partial charge is 0.338 e. The zero-order valence-corrected chi connectivity index (χ0v) is 24.7. The van der Waals surface area contributed by atoms with E-state index >= 15 is 0 Å². The molecule has 42 heavy (non-hydrogen) atoms. The molecule has 11 nitrogen and oxygen atoms in total. The van der Waals surface area contributed by atoms with Crippen molar-refractivity contribution in [1.82, 2.24) is 0 Å². The first-order chi connectivity index (χ1) is 19.5. The van der Waals surface area contributed by atoms with Crippen LogP contribution in [0.1, 0.15) is 64.7 Å². The maximum absolute atomic E-state index is 13.7. The summed E-state index contributed by atoms with van der Waals surface area (Å²) in [5, 5.41) is 48.4. The molecule has 0 amide bonds. The van der Waals surface area contributed by atoms with Gasteiger partial charge in [-0.15, -0.1) is 0 Å². The van der Waals surface area contributed by atoms with Gasteiger partial charge in [0.2, 0.25) is 0 Å². The summed E-state index contributed by atoms with van der Waals surface area (Å²) in [7, 11) is 0. The van der Waals surface area contributed by atoms with Crippen molar-refractivity contribution in [3.8, 4) is 0 Å². The van der Waals surface area contributed by atoms with Crippen molar-refractivity contribution in [3.63, 3.8) is 0 Å². The van der Waals surface area contributed by atoms with Gasteiger partial charge in [0.1, 0.15) is 30.0 Å². The van der Waals surface area contributed by atoms with Crippen LogP contribution in [0.5, 0.6) is 0 Å². The van der Waals surface area contributed by atoms with Crippen LogP contribution >= 0.6 is 0 Å². The number of benzene rings is 1. The summed E-state index contributed by atoms with van der Waals surface area (Å²) in [4.78, 5) is 38.5. The molecule has 1 heterocycles.